The summed E-state index contributed by atoms with van der Waals surface area (Å²) in [5, 5.41) is 0. The van der Waals surface area contributed by atoms with Crippen LogP contribution in [-0.2, 0) is 17.8 Å². The minimum Gasteiger partial charge on any atom is -0.755 e. The molecule has 0 aliphatic rings. The molecule has 1 heterocycles. The van der Waals surface area contributed by atoms with Crippen LogP contribution in [0.2, 0.25) is 0 Å². The Morgan fingerprint density at radius 3 is 2.83 bits per heavy atom. The van der Waals surface area contributed by atoms with Gasteiger partial charge < -0.3 is 15.0 Å². The zero-order valence-electron chi connectivity index (χ0n) is 6.19. The minimum atomic E-state index is -2.30. The fourth-order valence-corrected chi connectivity index (χ4v) is 1.02. The summed E-state index contributed by atoms with van der Waals surface area (Å²) in [6.07, 6.45) is 1.41. The Bertz CT molecular complexity index is 275. The van der Waals surface area contributed by atoms with Gasteiger partial charge in [0.15, 0.2) is 0 Å². The summed E-state index contributed by atoms with van der Waals surface area (Å²) in [5.41, 5.74) is 6.45. The van der Waals surface area contributed by atoms with Gasteiger partial charge in [-0.25, -0.2) is 0 Å². The lowest BCUT2D eigenvalue weighted by atomic mass is 10.3. The van der Waals surface area contributed by atoms with Crippen molar-refractivity contribution in [2.24, 2.45) is 5.73 Å². The number of hydrogen-bond donors (Lipinski definition) is 2. The molecule has 0 spiro atoms. The molecule has 0 bridgehead atoms. The van der Waals surface area contributed by atoms with Gasteiger partial charge in [0.1, 0.15) is 0 Å². The molecule has 1 unspecified atom stereocenters. The summed E-state index contributed by atoms with van der Waals surface area (Å²) in [7, 11) is 0. The van der Waals surface area contributed by atoms with Crippen molar-refractivity contribution >= 4 is 17.0 Å². The van der Waals surface area contributed by atoms with Gasteiger partial charge in [0, 0.05) is 17.8 Å². The van der Waals surface area contributed by atoms with Crippen molar-refractivity contribution in [3.63, 3.8) is 0 Å². The van der Waals surface area contributed by atoms with Crippen molar-refractivity contribution in [1.29, 1.82) is 0 Å². The summed E-state index contributed by atoms with van der Waals surface area (Å²) in [5.74, 6) is 0. The second-order valence-electron chi connectivity index (χ2n) is 2.08. The van der Waals surface area contributed by atoms with Crippen LogP contribution < -0.4 is 10.5 Å². The number of nitrogens with one attached hydrogen (secondary N) is 1. The van der Waals surface area contributed by atoms with Crippen molar-refractivity contribution in [3.05, 3.63) is 24.0 Å². The summed E-state index contributed by atoms with van der Waals surface area (Å²) < 4.78 is 22.5. The fourth-order valence-electron chi connectivity index (χ4n) is 0.702. The summed E-state index contributed by atoms with van der Waals surface area (Å²) in [6.45, 7) is 0.348. The highest BCUT2D eigenvalue weighted by atomic mass is 32.2. The molecule has 5 nitrogen and oxygen atoms in total. The van der Waals surface area contributed by atoms with Crippen molar-refractivity contribution in [1.82, 2.24) is 4.98 Å². The molecular weight excluding hydrogens is 178 g/mol. The third-order valence-electron chi connectivity index (χ3n) is 1.24. The van der Waals surface area contributed by atoms with Crippen molar-refractivity contribution in [2.75, 3.05) is 4.72 Å². The van der Waals surface area contributed by atoms with E-state index in [0.717, 1.165) is 5.69 Å². The first-order valence-electron chi connectivity index (χ1n) is 3.23. The Balaban J connectivity index is 2.71. The van der Waals surface area contributed by atoms with Crippen molar-refractivity contribution < 1.29 is 8.76 Å². The van der Waals surface area contributed by atoms with Crippen molar-refractivity contribution in [2.45, 2.75) is 6.54 Å². The maximum atomic E-state index is 10.2. The SMILES string of the molecule is NCc1ccc(NS(=O)[O-])cn1. The normalized spacial score (nSPS) is 12.5. The van der Waals surface area contributed by atoms with E-state index < -0.39 is 11.3 Å². The lowest BCUT2D eigenvalue weighted by molar-refractivity contribution is 0.542. The average Bonchev–Trinajstić information content (AvgIpc) is 2.05. The molecule has 1 aromatic rings. The van der Waals surface area contributed by atoms with Gasteiger partial charge in [0.25, 0.3) is 0 Å². The smallest absolute Gasteiger partial charge is 0.0636 e. The molecule has 1 aromatic heterocycles. The van der Waals surface area contributed by atoms with Gasteiger partial charge in [0.05, 0.1) is 17.6 Å². The largest absolute Gasteiger partial charge is 0.755 e. The topological polar surface area (TPSA) is 91.1 Å². The van der Waals surface area contributed by atoms with Crippen LogP contribution in [0.25, 0.3) is 0 Å². The zero-order valence-corrected chi connectivity index (χ0v) is 7.00. The summed E-state index contributed by atoms with van der Waals surface area (Å²) in [4.78, 5) is 3.89. The minimum absolute atomic E-state index is 0.348. The highest BCUT2D eigenvalue weighted by molar-refractivity contribution is 7.80. The molecule has 0 saturated carbocycles. The maximum Gasteiger partial charge on any atom is 0.0636 e. The Morgan fingerprint density at radius 1 is 1.67 bits per heavy atom. The van der Waals surface area contributed by atoms with E-state index >= 15 is 0 Å². The summed E-state index contributed by atoms with van der Waals surface area (Å²) in [6, 6.07) is 3.26. The van der Waals surface area contributed by atoms with E-state index in [4.69, 9.17) is 5.73 Å². The molecule has 1 atom stereocenters. The fraction of sp³-hybridized carbons (Fsp3) is 0.167. The zero-order chi connectivity index (χ0) is 8.97. The Morgan fingerprint density at radius 2 is 2.42 bits per heavy atom. The van der Waals surface area contributed by atoms with Crippen LogP contribution in [0.15, 0.2) is 18.3 Å². The first kappa shape index (κ1) is 9.11. The van der Waals surface area contributed by atoms with Crippen LogP contribution in [0.3, 0.4) is 0 Å². The molecule has 0 aromatic carbocycles. The molecule has 0 amide bonds. The number of nitrogens with zero attached hydrogens (tertiary/aromatic N) is 1. The molecule has 3 N–H and O–H groups in total. The molecule has 12 heavy (non-hydrogen) atoms. The highest BCUT2D eigenvalue weighted by Gasteiger charge is 1.92. The lowest BCUT2D eigenvalue weighted by Crippen LogP contribution is -2.04. The van der Waals surface area contributed by atoms with Crippen LogP contribution in [0.5, 0.6) is 0 Å². The number of aromatic nitrogens is 1. The van der Waals surface area contributed by atoms with Crippen LogP contribution in [0, 0.1) is 0 Å². The molecule has 1 rings (SSSR count). The second kappa shape index (κ2) is 4.15. The predicted octanol–water partition coefficient (Wildman–Crippen LogP) is -0.254. The number of rotatable bonds is 3. The number of pyridine rings is 1. The van der Waals surface area contributed by atoms with Crippen LogP contribution in [0.1, 0.15) is 5.69 Å². The van der Waals surface area contributed by atoms with Crippen LogP contribution in [-0.4, -0.2) is 13.7 Å². The maximum absolute atomic E-state index is 10.2. The third-order valence-corrected chi connectivity index (χ3v) is 1.64. The van der Waals surface area contributed by atoms with E-state index in [2.05, 4.69) is 9.71 Å². The lowest BCUT2D eigenvalue weighted by Gasteiger charge is -2.07. The molecule has 0 saturated heterocycles. The molecule has 0 radical (unpaired) electrons. The molecular formula is C6H8N3O2S-. The third kappa shape index (κ3) is 2.57. The van der Waals surface area contributed by atoms with Crippen LogP contribution in [0.4, 0.5) is 5.69 Å². The predicted molar refractivity (Wildman–Crippen MR) is 44.7 cm³/mol. The van der Waals surface area contributed by atoms with Gasteiger partial charge in [-0.3, -0.25) is 9.19 Å². The first-order chi connectivity index (χ1) is 5.72. The van der Waals surface area contributed by atoms with Crippen molar-refractivity contribution in [3.8, 4) is 0 Å². The highest BCUT2D eigenvalue weighted by Crippen LogP contribution is 2.05. The number of anilines is 1. The number of nitrogens with two attached hydrogens (primary N) is 1. The van der Waals surface area contributed by atoms with E-state index in [1.54, 1.807) is 12.1 Å². The van der Waals surface area contributed by atoms with E-state index in [-0.39, 0.29) is 0 Å². The molecule has 0 fully saturated rings. The first-order valence-corrected chi connectivity index (χ1v) is 4.31. The van der Waals surface area contributed by atoms with Gasteiger partial charge in [-0.1, -0.05) is 0 Å². The van der Waals surface area contributed by atoms with Crippen LogP contribution >= 0.6 is 0 Å². The van der Waals surface area contributed by atoms with Gasteiger partial charge in [-0.2, -0.15) is 0 Å². The van der Waals surface area contributed by atoms with Gasteiger partial charge >= 0.3 is 0 Å². The monoisotopic (exact) mass is 186 g/mol. The Kier molecular flexibility index (Phi) is 3.15. The molecule has 0 aliphatic carbocycles. The van der Waals surface area contributed by atoms with Gasteiger partial charge in [-0.15, -0.1) is 0 Å². The molecule has 6 heteroatoms. The van der Waals surface area contributed by atoms with E-state index in [1.807, 2.05) is 0 Å². The quantitative estimate of drug-likeness (QED) is 0.636. The second-order valence-corrected chi connectivity index (χ2v) is 2.75. The van der Waals surface area contributed by atoms with E-state index in [0.29, 0.717) is 12.2 Å². The average molecular weight is 186 g/mol. The Labute approximate surface area is 72.4 Å². The standard InChI is InChI=1S/C6H9N3O2S/c7-3-5-1-2-6(4-8-5)9-12(10)11/h1-2,4,9H,3,7H2,(H,10,11)/p-1. The molecule has 0 aliphatic heterocycles. The Hall–Kier alpha value is -0.980. The summed E-state index contributed by atoms with van der Waals surface area (Å²) >= 11 is -2.30. The van der Waals surface area contributed by atoms with E-state index in [9.17, 15) is 8.76 Å². The van der Waals surface area contributed by atoms with Gasteiger partial charge in [0.2, 0.25) is 0 Å². The van der Waals surface area contributed by atoms with E-state index in [1.165, 1.54) is 6.20 Å². The van der Waals surface area contributed by atoms with Gasteiger partial charge in [-0.05, 0) is 12.1 Å². The molecule has 66 valence electrons. The number of hydrogen-bond acceptors (Lipinski definition) is 4.